The number of amides is 4. The molecule has 3 atom stereocenters. The van der Waals surface area contributed by atoms with E-state index in [2.05, 4.69) is 25.9 Å². The van der Waals surface area contributed by atoms with Crippen molar-refractivity contribution in [3.05, 3.63) is 24.3 Å². The Morgan fingerprint density at radius 1 is 1.13 bits per heavy atom. The van der Waals surface area contributed by atoms with Gasteiger partial charge in [0.05, 0.1) is 19.3 Å². The first kappa shape index (κ1) is 24.0. The summed E-state index contributed by atoms with van der Waals surface area (Å²) in [5.41, 5.74) is 0.0842. The van der Waals surface area contributed by atoms with Crippen LogP contribution < -0.4 is 16.0 Å². The number of methoxy groups -OCH3 is 1. The van der Waals surface area contributed by atoms with Crippen LogP contribution in [0.2, 0.25) is 0 Å². The van der Waals surface area contributed by atoms with Crippen LogP contribution in [-0.2, 0) is 14.3 Å². The number of ether oxygens (including phenoxy) is 1. The summed E-state index contributed by atoms with van der Waals surface area (Å²) in [6, 6.07) is -3.12. The topological polar surface area (TPSA) is 143 Å². The molecule has 0 saturated carbocycles. The van der Waals surface area contributed by atoms with Gasteiger partial charge in [-0.25, -0.2) is 14.6 Å². The predicted octanol–water partition coefficient (Wildman–Crippen LogP) is 0.0811. The number of aromatic nitrogens is 2. The van der Waals surface area contributed by atoms with E-state index in [1.807, 2.05) is 13.8 Å². The van der Waals surface area contributed by atoms with Gasteiger partial charge >= 0.3 is 12.0 Å². The van der Waals surface area contributed by atoms with E-state index in [1.54, 1.807) is 13.8 Å². The van der Waals surface area contributed by atoms with Gasteiger partial charge in [-0.1, -0.05) is 13.8 Å². The van der Waals surface area contributed by atoms with Crippen LogP contribution in [0.1, 0.15) is 44.6 Å². The third-order valence-corrected chi connectivity index (χ3v) is 4.87. The maximum absolute atomic E-state index is 13.2. The number of urea groups is 1. The highest BCUT2D eigenvalue weighted by Gasteiger charge is 2.44. The highest BCUT2D eigenvalue weighted by Crippen LogP contribution is 2.21. The smallest absolute Gasteiger partial charge is 0.328 e. The maximum atomic E-state index is 13.2. The lowest BCUT2D eigenvalue weighted by Crippen LogP contribution is -2.59. The maximum Gasteiger partial charge on any atom is 0.328 e. The summed E-state index contributed by atoms with van der Waals surface area (Å²) >= 11 is 0. The molecule has 1 fully saturated rings. The van der Waals surface area contributed by atoms with Gasteiger partial charge in [-0.3, -0.25) is 14.6 Å². The third kappa shape index (κ3) is 6.12. The zero-order chi connectivity index (χ0) is 23.1. The number of likely N-dealkylation sites (tertiary alicyclic amines) is 1. The molecule has 0 unspecified atom stereocenters. The van der Waals surface area contributed by atoms with Crippen LogP contribution in [0.15, 0.2) is 18.6 Å². The number of carbonyl (C=O) groups is 4. The fraction of sp³-hybridized carbons (Fsp3) is 0.600. The molecule has 0 aromatic carbocycles. The van der Waals surface area contributed by atoms with Crippen LogP contribution in [0.25, 0.3) is 0 Å². The molecule has 1 aromatic rings. The molecule has 0 radical (unpaired) electrons. The summed E-state index contributed by atoms with van der Waals surface area (Å²) in [6.45, 7) is 7.39. The lowest BCUT2D eigenvalue weighted by molar-refractivity contribution is -0.146. The summed E-state index contributed by atoms with van der Waals surface area (Å²) in [5.74, 6) is -1.87. The molecular formula is C20H30N6O5. The van der Waals surface area contributed by atoms with Gasteiger partial charge in [-0.15, -0.1) is 0 Å². The molecule has 0 bridgehead atoms. The number of hydrogen-bond donors (Lipinski definition) is 3. The Balaban J connectivity index is 2.29. The Kier molecular flexibility index (Phi) is 8.29. The van der Waals surface area contributed by atoms with Crippen molar-refractivity contribution in [2.24, 2.45) is 5.92 Å². The highest BCUT2D eigenvalue weighted by molar-refractivity contribution is 5.98. The van der Waals surface area contributed by atoms with Crippen LogP contribution in [0.5, 0.6) is 0 Å². The van der Waals surface area contributed by atoms with Gasteiger partial charge in [-0.2, -0.15) is 0 Å². The summed E-state index contributed by atoms with van der Waals surface area (Å²) in [6.07, 6.45) is 4.50. The van der Waals surface area contributed by atoms with Crippen LogP contribution in [-0.4, -0.2) is 76.5 Å². The zero-order valence-electron chi connectivity index (χ0n) is 18.4. The van der Waals surface area contributed by atoms with E-state index in [-0.39, 0.29) is 24.2 Å². The molecule has 2 heterocycles. The molecule has 1 aliphatic rings. The van der Waals surface area contributed by atoms with Crippen molar-refractivity contribution >= 4 is 23.8 Å². The molecule has 2 rings (SSSR count). The van der Waals surface area contributed by atoms with Crippen LogP contribution in [0.4, 0.5) is 4.79 Å². The predicted molar refractivity (Wildman–Crippen MR) is 111 cm³/mol. The zero-order valence-corrected chi connectivity index (χ0v) is 18.4. The normalized spacial score (nSPS) is 19.1. The van der Waals surface area contributed by atoms with E-state index in [4.69, 9.17) is 4.74 Å². The van der Waals surface area contributed by atoms with Gasteiger partial charge in [-0.05, 0) is 26.2 Å². The first-order valence-corrected chi connectivity index (χ1v) is 10.2. The average molecular weight is 434 g/mol. The molecule has 0 aliphatic carbocycles. The Morgan fingerprint density at radius 3 is 2.39 bits per heavy atom. The van der Waals surface area contributed by atoms with Crippen LogP contribution in [0.3, 0.4) is 0 Å². The Labute approximate surface area is 181 Å². The van der Waals surface area contributed by atoms with Crippen molar-refractivity contribution in [2.75, 3.05) is 13.7 Å². The summed E-state index contributed by atoms with van der Waals surface area (Å²) < 4.78 is 4.78. The molecule has 4 amide bonds. The molecule has 11 heteroatoms. The lowest BCUT2D eigenvalue weighted by Gasteiger charge is -2.30. The largest absolute Gasteiger partial charge is 0.467 e. The van der Waals surface area contributed by atoms with Gasteiger partial charge in [0.2, 0.25) is 5.91 Å². The first-order valence-electron chi connectivity index (χ1n) is 10.2. The van der Waals surface area contributed by atoms with Gasteiger partial charge < -0.3 is 25.6 Å². The number of carbonyl (C=O) groups excluding carboxylic acids is 4. The number of nitrogens with zero attached hydrogens (tertiary/aromatic N) is 3. The number of nitrogens with one attached hydrogen (secondary N) is 3. The Morgan fingerprint density at radius 2 is 1.84 bits per heavy atom. The minimum Gasteiger partial charge on any atom is -0.467 e. The number of hydrogen-bond acceptors (Lipinski definition) is 7. The van der Waals surface area contributed by atoms with Crippen molar-refractivity contribution in [1.82, 2.24) is 30.8 Å². The Hall–Kier alpha value is -3.24. The molecule has 11 nitrogen and oxygen atoms in total. The molecule has 170 valence electrons. The van der Waals surface area contributed by atoms with E-state index >= 15 is 0 Å². The van der Waals surface area contributed by atoms with Crippen LogP contribution in [0, 0.1) is 5.92 Å². The molecule has 31 heavy (non-hydrogen) atoms. The van der Waals surface area contributed by atoms with E-state index in [9.17, 15) is 19.2 Å². The SMILES string of the molecule is COC(=O)[C@H](NC(=O)[C@H]1[C@@H](NC(=O)NC(C)C)CCN1C(=O)c1cnccn1)C(C)C. The first-order chi connectivity index (χ1) is 14.6. The minimum atomic E-state index is -1.03. The summed E-state index contributed by atoms with van der Waals surface area (Å²) in [7, 11) is 1.24. The lowest BCUT2D eigenvalue weighted by atomic mass is 10.0. The molecule has 0 spiro atoms. The van der Waals surface area contributed by atoms with Crippen molar-refractivity contribution in [3.8, 4) is 0 Å². The molecule has 3 N–H and O–H groups in total. The monoisotopic (exact) mass is 434 g/mol. The van der Waals surface area contributed by atoms with E-state index < -0.39 is 41.9 Å². The van der Waals surface area contributed by atoms with Gasteiger partial charge in [0.1, 0.15) is 17.8 Å². The molecule has 1 aromatic heterocycles. The van der Waals surface area contributed by atoms with E-state index in [0.717, 1.165) is 0 Å². The quantitative estimate of drug-likeness (QED) is 0.516. The second-order valence-electron chi connectivity index (χ2n) is 7.96. The van der Waals surface area contributed by atoms with Crippen molar-refractivity contribution < 1.29 is 23.9 Å². The van der Waals surface area contributed by atoms with Gasteiger partial charge in [0.25, 0.3) is 5.91 Å². The highest BCUT2D eigenvalue weighted by atomic mass is 16.5. The summed E-state index contributed by atoms with van der Waals surface area (Å²) in [5, 5.41) is 8.15. The van der Waals surface area contributed by atoms with Crippen LogP contribution >= 0.6 is 0 Å². The number of esters is 1. The summed E-state index contributed by atoms with van der Waals surface area (Å²) in [4.78, 5) is 59.8. The minimum absolute atomic E-state index is 0.0842. The van der Waals surface area contributed by atoms with E-state index in [0.29, 0.717) is 6.42 Å². The molecule has 1 aliphatic heterocycles. The second-order valence-corrected chi connectivity index (χ2v) is 7.96. The standard InChI is InChI=1S/C20H30N6O5/c1-11(2)15(19(29)31-5)25-17(27)16-13(24-20(30)23-12(3)4)6-9-26(16)18(28)14-10-21-7-8-22-14/h7-8,10-13,15-16H,6,9H2,1-5H3,(H,25,27)(H2,23,24,30)/t13-,15+,16+/m0/s1. The van der Waals surface area contributed by atoms with Gasteiger partial charge in [0, 0.05) is 25.0 Å². The number of rotatable bonds is 7. The molecule has 1 saturated heterocycles. The van der Waals surface area contributed by atoms with E-state index in [1.165, 1.54) is 30.6 Å². The fourth-order valence-electron chi connectivity index (χ4n) is 3.39. The Bertz CT molecular complexity index is 801. The molecular weight excluding hydrogens is 404 g/mol. The average Bonchev–Trinajstić information content (AvgIpc) is 3.13. The van der Waals surface area contributed by atoms with Crippen molar-refractivity contribution in [3.63, 3.8) is 0 Å². The van der Waals surface area contributed by atoms with Gasteiger partial charge in [0.15, 0.2) is 0 Å². The second kappa shape index (κ2) is 10.7. The van der Waals surface area contributed by atoms with Crippen molar-refractivity contribution in [2.45, 2.75) is 58.3 Å². The fourth-order valence-corrected chi connectivity index (χ4v) is 3.39. The third-order valence-electron chi connectivity index (χ3n) is 4.87. The van der Waals surface area contributed by atoms with Crippen molar-refractivity contribution in [1.29, 1.82) is 0 Å².